The number of aliphatic carboxylic acids is 1. The minimum absolute atomic E-state index is 0.0399. The van der Waals surface area contributed by atoms with E-state index in [4.69, 9.17) is 9.47 Å². The number of hydrogen-bond acceptors (Lipinski definition) is 4. The minimum Gasteiger partial charge on any atom is -0.497 e. The zero-order chi connectivity index (χ0) is 17.3. The molecule has 0 heterocycles. The van der Waals surface area contributed by atoms with Crippen LogP contribution >= 0.6 is 0 Å². The second-order valence-corrected chi connectivity index (χ2v) is 6.61. The Morgan fingerprint density at radius 1 is 1.29 bits per heavy atom. The number of rotatable bonds is 8. The van der Waals surface area contributed by atoms with Gasteiger partial charge in [-0.2, -0.15) is 0 Å². The largest absolute Gasteiger partial charge is 0.497 e. The molecular weight excluding hydrogens is 310 g/mol. The summed E-state index contributed by atoms with van der Waals surface area (Å²) in [6, 6.07) is 4.57. The first-order chi connectivity index (χ1) is 11.5. The number of methoxy groups -OCH3 is 2. The van der Waals surface area contributed by atoms with E-state index in [9.17, 15) is 14.7 Å². The van der Waals surface area contributed by atoms with Crippen LogP contribution in [0.1, 0.15) is 37.3 Å². The third kappa shape index (κ3) is 3.63. The van der Waals surface area contributed by atoms with Gasteiger partial charge in [-0.05, 0) is 43.2 Å². The van der Waals surface area contributed by atoms with Crippen LogP contribution in [-0.2, 0) is 9.59 Å². The molecule has 2 aliphatic carbocycles. The third-order valence-electron chi connectivity index (χ3n) is 4.92. The molecule has 0 aliphatic heterocycles. The average Bonchev–Trinajstić information content (AvgIpc) is 3.44. The van der Waals surface area contributed by atoms with Gasteiger partial charge in [-0.25, -0.2) is 0 Å². The second-order valence-electron chi connectivity index (χ2n) is 6.61. The number of benzene rings is 1. The Kier molecular flexibility index (Phi) is 4.64. The number of ether oxygens (including phenoxy) is 2. The quantitative estimate of drug-likeness (QED) is 0.763. The van der Waals surface area contributed by atoms with Gasteiger partial charge in [-0.3, -0.25) is 9.59 Å². The first-order valence-electron chi connectivity index (χ1n) is 8.27. The number of carbonyl (C=O) groups excluding carboxylic acids is 1. The average molecular weight is 333 g/mol. The summed E-state index contributed by atoms with van der Waals surface area (Å²) in [4.78, 5) is 23.7. The molecule has 1 amide bonds. The van der Waals surface area contributed by atoms with Gasteiger partial charge in [0.1, 0.15) is 11.5 Å². The molecule has 0 bridgehead atoms. The van der Waals surface area contributed by atoms with Crippen LogP contribution in [0.15, 0.2) is 18.2 Å². The van der Waals surface area contributed by atoms with Crippen molar-refractivity contribution >= 4 is 11.9 Å². The molecule has 0 saturated heterocycles. The van der Waals surface area contributed by atoms with Gasteiger partial charge in [0.05, 0.1) is 26.7 Å². The maximum atomic E-state index is 12.5. The number of carbonyl (C=O) groups is 2. The number of carboxylic acids is 1. The van der Waals surface area contributed by atoms with Crippen LogP contribution in [0.4, 0.5) is 0 Å². The van der Waals surface area contributed by atoms with Crippen molar-refractivity contribution in [3.63, 3.8) is 0 Å². The van der Waals surface area contributed by atoms with Gasteiger partial charge in [-0.1, -0.05) is 0 Å². The topological polar surface area (TPSA) is 84.9 Å². The highest BCUT2D eigenvalue weighted by Crippen LogP contribution is 2.54. The first kappa shape index (κ1) is 16.6. The van der Waals surface area contributed by atoms with Gasteiger partial charge >= 0.3 is 5.97 Å². The molecular formula is C18H23NO5. The Morgan fingerprint density at radius 3 is 2.62 bits per heavy atom. The lowest BCUT2D eigenvalue weighted by molar-refractivity contribution is -0.137. The summed E-state index contributed by atoms with van der Waals surface area (Å²) in [6.07, 6.45) is 3.18. The second kappa shape index (κ2) is 6.71. The summed E-state index contributed by atoms with van der Waals surface area (Å²) in [5, 5.41) is 12.1. The standard InChI is InChI=1S/C18H23NO5/c1-23-11-5-6-12(16(7-11)24-2)15(9-17(20)21)19-18(22)14-8-13(14)10-3-4-10/h5-7,10,13-15H,3-4,8-9H2,1-2H3,(H,19,22)(H,20,21). The Labute approximate surface area is 141 Å². The maximum absolute atomic E-state index is 12.5. The molecule has 2 saturated carbocycles. The lowest BCUT2D eigenvalue weighted by Crippen LogP contribution is -2.32. The molecule has 1 aromatic carbocycles. The Hall–Kier alpha value is -2.24. The van der Waals surface area contributed by atoms with E-state index < -0.39 is 12.0 Å². The molecule has 1 aromatic rings. The smallest absolute Gasteiger partial charge is 0.305 e. The molecule has 2 fully saturated rings. The minimum atomic E-state index is -0.965. The molecule has 3 atom stereocenters. The highest BCUT2D eigenvalue weighted by molar-refractivity contribution is 5.83. The molecule has 6 heteroatoms. The van der Waals surface area contributed by atoms with Crippen LogP contribution in [0.2, 0.25) is 0 Å². The lowest BCUT2D eigenvalue weighted by Gasteiger charge is -2.20. The molecule has 24 heavy (non-hydrogen) atoms. The molecule has 3 unspecified atom stereocenters. The third-order valence-corrected chi connectivity index (χ3v) is 4.92. The van der Waals surface area contributed by atoms with Crippen molar-refractivity contribution in [1.29, 1.82) is 0 Å². The summed E-state index contributed by atoms with van der Waals surface area (Å²) in [5.74, 6) is 1.35. The highest BCUT2D eigenvalue weighted by atomic mass is 16.5. The molecule has 3 rings (SSSR count). The molecule has 2 aliphatic rings. The molecule has 130 valence electrons. The summed E-state index contributed by atoms with van der Waals surface area (Å²) in [5.41, 5.74) is 0.651. The molecule has 0 spiro atoms. The lowest BCUT2D eigenvalue weighted by atomic mass is 10.0. The fraction of sp³-hybridized carbons (Fsp3) is 0.556. The molecule has 6 nitrogen and oxygen atoms in total. The van der Waals surface area contributed by atoms with Crippen molar-refractivity contribution in [3.05, 3.63) is 23.8 Å². The summed E-state index contributed by atoms with van der Waals surface area (Å²) >= 11 is 0. The Balaban J connectivity index is 1.76. The van der Waals surface area contributed by atoms with E-state index >= 15 is 0 Å². The van der Waals surface area contributed by atoms with Gasteiger partial charge in [0.2, 0.25) is 5.91 Å². The first-order valence-corrected chi connectivity index (χ1v) is 8.27. The van der Waals surface area contributed by atoms with E-state index in [1.165, 1.54) is 20.0 Å². The van der Waals surface area contributed by atoms with Gasteiger partial charge in [0.15, 0.2) is 0 Å². The van der Waals surface area contributed by atoms with Gasteiger partial charge in [0.25, 0.3) is 0 Å². The number of nitrogens with one attached hydrogen (secondary N) is 1. The monoisotopic (exact) mass is 333 g/mol. The van der Waals surface area contributed by atoms with E-state index in [1.807, 2.05) is 0 Å². The normalized spacial score (nSPS) is 23.2. The Morgan fingerprint density at radius 2 is 2.04 bits per heavy atom. The van der Waals surface area contributed by atoms with Gasteiger partial charge in [0, 0.05) is 17.5 Å². The van der Waals surface area contributed by atoms with E-state index in [2.05, 4.69) is 5.32 Å². The van der Waals surface area contributed by atoms with Crippen molar-refractivity contribution in [1.82, 2.24) is 5.32 Å². The summed E-state index contributed by atoms with van der Waals surface area (Å²) < 4.78 is 10.5. The number of amides is 1. The molecule has 0 aromatic heterocycles. The number of carboxylic acid groups (broad SMARTS) is 1. The zero-order valence-electron chi connectivity index (χ0n) is 14.0. The maximum Gasteiger partial charge on any atom is 0.305 e. The molecule has 0 radical (unpaired) electrons. The molecule has 2 N–H and O–H groups in total. The van der Waals surface area contributed by atoms with Crippen LogP contribution in [0.3, 0.4) is 0 Å². The van der Waals surface area contributed by atoms with Crippen LogP contribution in [0, 0.1) is 17.8 Å². The van der Waals surface area contributed by atoms with E-state index in [1.54, 1.807) is 25.3 Å². The zero-order valence-corrected chi connectivity index (χ0v) is 14.0. The highest BCUT2D eigenvalue weighted by Gasteiger charge is 2.51. The van der Waals surface area contributed by atoms with Crippen molar-refractivity contribution in [2.75, 3.05) is 14.2 Å². The predicted molar refractivity (Wildman–Crippen MR) is 87.0 cm³/mol. The van der Waals surface area contributed by atoms with E-state index in [-0.39, 0.29) is 18.2 Å². The predicted octanol–water partition coefficient (Wildman–Crippen LogP) is 2.38. The van der Waals surface area contributed by atoms with Crippen molar-refractivity contribution in [2.24, 2.45) is 17.8 Å². The van der Waals surface area contributed by atoms with Crippen molar-refractivity contribution in [2.45, 2.75) is 31.7 Å². The fourth-order valence-electron chi connectivity index (χ4n) is 3.36. The van der Waals surface area contributed by atoms with Crippen LogP contribution < -0.4 is 14.8 Å². The van der Waals surface area contributed by atoms with Crippen LogP contribution in [0.5, 0.6) is 11.5 Å². The summed E-state index contributed by atoms with van der Waals surface area (Å²) in [6.45, 7) is 0. The summed E-state index contributed by atoms with van der Waals surface area (Å²) in [7, 11) is 3.07. The SMILES string of the molecule is COc1ccc(C(CC(=O)O)NC(=O)C2CC2C2CC2)c(OC)c1. The van der Waals surface area contributed by atoms with Gasteiger partial charge in [-0.15, -0.1) is 0 Å². The van der Waals surface area contributed by atoms with E-state index in [0.29, 0.717) is 28.9 Å². The van der Waals surface area contributed by atoms with Crippen molar-refractivity contribution < 1.29 is 24.2 Å². The van der Waals surface area contributed by atoms with Gasteiger partial charge < -0.3 is 19.9 Å². The Bertz CT molecular complexity index is 640. The van der Waals surface area contributed by atoms with Crippen LogP contribution in [-0.4, -0.2) is 31.2 Å². The van der Waals surface area contributed by atoms with E-state index in [0.717, 1.165) is 6.42 Å². The fourth-order valence-corrected chi connectivity index (χ4v) is 3.36. The van der Waals surface area contributed by atoms with Crippen molar-refractivity contribution in [3.8, 4) is 11.5 Å². The van der Waals surface area contributed by atoms with Crippen LogP contribution in [0.25, 0.3) is 0 Å². The number of hydrogen-bond donors (Lipinski definition) is 2.